The van der Waals surface area contributed by atoms with Crippen LogP contribution in [0.2, 0.25) is 0 Å². The van der Waals surface area contributed by atoms with Gasteiger partial charge in [-0.2, -0.15) is 0 Å². The number of rotatable bonds is 5. The number of hydrogen-bond acceptors (Lipinski definition) is 2. The summed E-state index contributed by atoms with van der Waals surface area (Å²) in [7, 11) is 0. The molecule has 0 saturated heterocycles. The number of hydrogen-bond donors (Lipinski definition) is 1. The van der Waals surface area contributed by atoms with E-state index < -0.39 is 0 Å². The Kier molecular flexibility index (Phi) is 8.10. The quantitative estimate of drug-likeness (QED) is 0.515. The van der Waals surface area contributed by atoms with E-state index >= 15 is 0 Å². The van der Waals surface area contributed by atoms with Crippen LogP contribution in [0.15, 0.2) is 66.7 Å². The summed E-state index contributed by atoms with van der Waals surface area (Å²) < 4.78 is 6.05. The lowest BCUT2D eigenvalue weighted by Gasteiger charge is -2.23. The van der Waals surface area contributed by atoms with E-state index in [1.165, 1.54) is 46.2 Å². The summed E-state index contributed by atoms with van der Waals surface area (Å²) in [6.45, 7) is 7.76. The van der Waals surface area contributed by atoms with Crippen molar-refractivity contribution in [1.82, 2.24) is 0 Å². The minimum atomic E-state index is 0.596. The maximum Gasteiger partial charge on any atom is 0.120 e. The molecule has 0 aromatic heterocycles. The van der Waals surface area contributed by atoms with Gasteiger partial charge in [-0.15, -0.1) is 0 Å². The van der Waals surface area contributed by atoms with Crippen molar-refractivity contribution in [1.29, 1.82) is 0 Å². The van der Waals surface area contributed by atoms with E-state index in [1.54, 1.807) is 0 Å². The predicted molar refractivity (Wildman–Crippen MR) is 128 cm³/mol. The normalized spacial score (nSPS) is 15.0. The highest BCUT2D eigenvalue weighted by Crippen LogP contribution is 2.28. The first kappa shape index (κ1) is 22.1. The Morgan fingerprint density at radius 1 is 0.900 bits per heavy atom. The third-order valence-electron chi connectivity index (χ3n) is 5.55. The second kappa shape index (κ2) is 11.0. The Morgan fingerprint density at radius 2 is 1.67 bits per heavy atom. The van der Waals surface area contributed by atoms with Crippen LogP contribution in [-0.4, -0.2) is 6.54 Å². The molecule has 2 N–H and O–H groups in total. The van der Waals surface area contributed by atoms with Crippen LogP contribution in [-0.2, 0) is 19.4 Å². The lowest BCUT2D eigenvalue weighted by atomic mass is 9.84. The number of aryl methyl sites for hydroxylation is 2. The molecule has 1 atom stereocenters. The number of benzene rings is 3. The molecule has 2 nitrogen and oxygen atoms in total. The zero-order valence-corrected chi connectivity index (χ0v) is 18.7. The zero-order chi connectivity index (χ0) is 21.3. The Morgan fingerprint density at radius 3 is 2.37 bits per heavy atom. The Hall–Kier alpha value is -2.58. The zero-order valence-electron chi connectivity index (χ0n) is 18.7. The van der Waals surface area contributed by atoms with Crippen molar-refractivity contribution in [3.8, 4) is 16.9 Å². The topological polar surface area (TPSA) is 35.2 Å². The van der Waals surface area contributed by atoms with Gasteiger partial charge in [0.25, 0.3) is 0 Å². The molecule has 30 heavy (non-hydrogen) atoms. The van der Waals surface area contributed by atoms with Gasteiger partial charge in [-0.3, -0.25) is 0 Å². The molecular formula is C28H35NO. The molecule has 3 aromatic rings. The fraction of sp³-hybridized carbons (Fsp3) is 0.357. The van der Waals surface area contributed by atoms with Crippen molar-refractivity contribution in [3.63, 3.8) is 0 Å². The highest BCUT2D eigenvalue weighted by atomic mass is 16.5. The molecule has 0 amide bonds. The van der Waals surface area contributed by atoms with Crippen LogP contribution in [0.1, 0.15) is 48.9 Å². The van der Waals surface area contributed by atoms with Crippen molar-refractivity contribution >= 4 is 0 Å². The van der Waals surface area contributed by atoms with Gasteiger partial charge >= 0.3 is 0 Å². The van der Waals surface area contributed by atoms with Gasteiger partial charge in [0, 0.05) is 0 Å². The molecule has 0 heterocycles. The number of nitrogens with two attached hydrogens (primary N) is 1. The molecule has 3 aromatic carbocycles. The van der Waals surface area contributed by atoms with E-state index in [4.69, 9.17) is 10.5 Å². The molecule has 0 radical (unpaired) electrons. The minimum Gasteiger partial charge on any atom is -0.489 e. The van der Waals surface area contributed by atoms with Crippen LogP contribution in [0.25, 0.3) is 11.1 Å². The molecular weight excluding hydrogens is 366 g/mol. The van der Waals surface area contributed by atoms with Gasteiger partial charge in [0.15, 0.2) is 0 Å². The summed E-state index contributed by atoms with van der Waals surface area (Å²) >= 11 is 0. The van der Waals surface area contributed by atoms with Gasteiger partial charge in [0.05, 0.1) is 0 Å². The largest absolute Gasteiger partial charge is 0.489 e. The Labute approximate surface area is 182 Å². The molecule has 0 aliphatic heterocycles. The highest BCUT2D eigenvalue weighted by molar-refractivity contribution is 5.64. The van der Waals surface area contributed by atoms with Crippen LogP contribution in [0.5, 0.6) is 5.75 Å². The van der Waals surface area contributed by atoms with Crippen LogP contribution in [0.3, 0.4) is 0 Å². The highest BCUT2D eigenvalue weighted by Gasteiger charge is 2.17. The van der Waals surface area contributed by atoms with Gasteiger partial charge in [-0.05, 0) is 78.6 Å². The molecule has 1 aliphatic carbocycles. The average molecular weight is 402 g/mol. The third-order valence-corrected chi connectivity index (χ3v) is 5.55. The van der Waals surface area contributed by atoms with Crippen LogP contribution in [0.4, 0.5) is 0 Å². The van der Waals surface area contributed by atoms with Gasteiger partial charge in [-0.25, -0.2) is 0 Å². The van der Waals surface area contributed by atoms with Crippen LogP contribution < -0.4 is 10.5 Å². The molecule has 158 valence electrons. The average Bonchev–Trinajstić information content (AvgIpc) is 2.78. The summed E-state index contributed by atoms with van der Waals surface area (Å²) in [6, 6.07) is 23.8. The summed E-state index contributed by atoms with van der Waals surface area (Å²) in [5.41, 5.74) is 13.7. The number of fused-ring (bicyclic) bond motifs is 1. The standard InChI is InChI=1S/C25H27NO.C3H8/c1-18-3-2-4-22(13-18)21-8-5-19(6-9-21)17-27-25-12-11-23-14-20(16-26)7-10-24(23)15-25;1-3-2/h2-6,8-9,11-13,15,20H,7,10,14,16-17,26H2,1H3;3H2,1-2H3. The summed E-state index contributed by atoms with van der Waals surface area (Å²) in [4.78, 5) is 0. The minimum absolute atomic E-state index is 0.596. The Balaban J connectivity index is 0.000000806. The first-order chi connectivity index (χ1) is 14.6. The maximum atomic E-state index is 6.05. The molecule has 2 heteroatoms. The molecule has 4 rings (SSSR count). The van der Waals surface area contributed by atoms with Crippen LogP contribution >= 0.6 is 0 Å². The summed E-state index contributed by atoms with van der Waals surface area (Å²) in [5, 5.41) is 0. The molecule has 1 aliphatic rings. The van der Waals surface area contributed by atoms with Gasteiger partial charge in [0.1, 0.15) is 12.4 Å². The molecule has 0 saturated carbocycles. The SMILES string of the molecule is CCC.Cc1cccc(-c2ccc(COc3ccc4c(c3)CCC(CN)C4)cc2)c1. The lowest BCUT2D eigenvalue weighted by molar-refractivity contribution is 0.305. The Bertz CT molecular complexity index is 930. The van der Waals surface area contributed by atoms with E-state index in [-0.39, 0.29) is 0 Å². The molecule has 1 unspecified atom stereocenters. The van der Waals surface area contributed by atoms with E-state index in [0.29, 0.717) is 12.5 Å². The van der Waals surface area contributed by atoms with E-state index in [2.05, 4.69) is 87.5 Å². The van der Waals surface area contributed by atoms with Crippen molar-refractivity contribution < 1.29 is 4.74 Å². The van der Waals surface area contributed by atoms with E-state index in [9.17, 15) is 0 Å². The molecule has 0 bridgehead atoms. The monoisotopic (exact) mass is 401 g/mol. The lowest BCUT2D eigenvalue weighted by Crippen LogP contribution is -2.22. The fourth-order valence-corrected chi connectivity index (χ4v) is 3.88. The first-order valence-corrected chi connectivity index (χ1v) is 11.2. The third kappa shape index (κ3) is 5.96. The summed E-state index contributed by atoms with van der Waals surface area (Å²) in [6.07, 6.45) is 4.65. The van der Waals surface area contributed by atoms with Crippen molar-refractivity contribution in [3.05, 3.63) is 89.0 Å². The molecule has 0 fully saturated rings. The maximum absolute atomic E-state index is 6.05. The van der Waals surface area contributed by atoms with Gasteiger partial charge in [0.2, 0.25) is 0 Å². The second-order valence-electron chi connectivity index (χ2n) is 8.34. The van der Waals surface area contributed by atoms with E-state index in [0.717, 1.165) is 25.1 Å². The smallest absolute Gasteiger partial charge is 0.120 e. The first-order valence-electron chi connectivity index (χ1n) is 11.2. The van der Waals surface area contributed by atoms with Crippen molar-refractivity contribution in [2.45, 2.75) is 53.1 Å². The van der Waals surface area contributed by atoms with Gasteiger partial charge in [-0.1, -0.05) is 80.4 Å². The van der Waals surface area contributed by atoms with E-state index in [1.807, 2.05) is 0 Å². The van der Waals surface area contributed by atoms with Gasteiger partial charge < -0.3 is 10.5 Å². The molecule has 0 spiro atoms. The number of ether oxygens (including phenoxy) is 1. The van der Waals surface area contributed by atoms with Crippen molar-refractivity contribution in [2.24, 2.45) is 11.7 Å². The van der Waals surface area contributed by atoms with Crippen molar-refractivity contribution in [2.75, 3.05) is 6.54 Å². The van der Waals surface area contributed by atoms with Crippen LogP contribution in [0, 0.1) is 12.8 Å². The summed E-state index contributed by atoms with van der Waals surface area (Å²) in [5.74, 6) is 1.60. The second-order valence-corrected chi connectivity index (χ2v) is 8.34. The fourth-order valence-electron chi connectivity index (χ4n) is 3.88. The predicted octanol–water partition coefficient (Wildman–Crippen LogP) is 6.72.